The monoisotopic (exact) mass is 342 g/mol. The molecule has 1 N–H and O–H groups in total. The van der Waals surface area contributed by atoms with Gasteiger partial charge in [-0.1, -0.05) is 18.2 Å². The summed E-state index contributed by atoms with van der Waals surface area (Å²) in [4.78, 5) is 14.6. The number of hydrogen-bond acceptors (Lipinski definition) is 4. The summed E-state index contributed by atoms with van der Waals surface area (Å²) >= 11 is 1.74. The molecule has 126 valence electrons. The van der Waals surface area contributed by atoms with Crippen LogP contribution in [0.15, 0.2) is 40.1 Å². The molecule has 0 saturated carbocycles. The van der Waals surface area contributed by atoms with E-state index >= 15 is 0 Å². The number of benzene rings is 1. The average molecular weight is 342 g/mol. The standard InChI is InChI=1S/C19H22N2O2S/c1-12-9-15(13(2)23-12)19(22)20-10-17(21(3)4)16-11-24-18-8-6-5-7-14(16)18/h5-9,11,17H,10H2,1-4H3,(H,20,22). The zero-order valence-electron chi connectivity index (χ0n) is 14.4. The van der Waals surface area contributed by atoms with Crippen LogP contribution in [-0.2, 0) is 0 Å². The average Bonchev–Trinajstić information content (AvgIpc) is 3.10. The van der Waals surface area contributed by atoms with Gasteiger partial charge in [-0.15, -0.1) is 11.3 Å². The van der Waals surface area contributed by atoms with Crippen LogP contribution in [0.25, 0.3) is 10.1 Å². The molecule has 0 saturated heterocycles. The van der Waals surface area contributed by atoms with Crippen molar-refractivity contribution >= 4 is 27.3 Å². The number of amides is 1. The molecule has 24 heavy (non-hydrogen) atoms. The van der Waals surface area contributed by atoms with Gasteiger partial charge in [0, 0.05) is 11.2 Å². The van der Waals surface area contributed by atoms with Crippen molar-refractivity contribution < 1.29 is 9.21 Å². The summed E-state index contributed by atoms with van der Waals surface area (Å²) in [6.45, 7) is 4.22. The topological polar surface area (TPSA) is 45.5 Å². The molecule has 3 rings (SSSR count). The van der Waals surface area contributed by atoms with Crippen LogP contribution in [0.2, 0.25) is 0 Å². The van der Waals surface area contributed by atoms with E-state index in [2.05, 4.69) is 39.9 Å². The van der Waals surface area contributed by atoms with Crippen LogP contribution in [0.4, 0.5) is 0 Å². The van der Waals surface area contributed by atoms with Crippen molar-refractivity contribution in [2.24, 2.45) is 0 Å². The van der Waals surface area contributed by atoms with E-state index < -0.39 is 0 Å². The van der Waals surface area contributed by atoms with E-state index in [0.717, 1.165) is 5.76 Å². The van der Waals surface area contributed by atoms with Crippen LogP contribution in [0, 0.1) is 13.8 Å². The van der Waals surface area contributed by atoms with Crippen molar-refractivity contribution in [1.29, 1.82) is 0 Å². The summed E-state index contributed by atoms with van der Waals surface area (Å²) in [5.41, 5.74) is 1.86. The molecule has 3 aromatic rings. The van der Waals surface area contributed by atoms with Crippen molar-refractivity contribution in [2.45, 2.75) is 19.9 Å². The Bertz CT molecular complexity index is 863. The molecular formula is C19H22N2O2S. The summed E-state index contributed by atoms with van der Waals surface area (Å²) < 4.78 is 6.72. The molecule has 0 aliphatic carbocycles. The summed E-state index contributed by atoms with van der Waals surface area (Å²) in [5.74, 6) is 1.33. The Morgan fingerprint density at radius 3 is 2.71 bits per heavy atom. The van der Waals surface area contributed by atoms with Gasteiger partial charge in [0.2, 0.25) is 0 Å². The molecule has 0 bridgehead atoms. The third kappa shape index (κ3) is 3.23. The fraction of sp³-hybridized carbons (Fsp3) is 0.316. The first-order chi connectivity index (χ1) is 11.5. The second-order valence-corrected chi connectivity index (χ2v) is 7.11. The first-order valence-electron chi connectivity index (χ1n) is 7.95. The third-order valence-corrected chi connectivity index (χ3v) is 5.22. The quantitative estimate of drug-likeness (QED) is 0.758. The molecule has 2 heterocycles. The normalized spacial score (nSPS) is 12.7. The van der Waals surface area contributed by atoms with Crippen LogP contribution < -0.4 is 5.32 Å². The number of thiophene rings is 1. The first kappa shape index (κ1) is 16.7. The summed E-state index contributed by atoms with van der Waals surface area (Å²) in [5, 5.41) is 6.50. The molecule has 1 aromatic carbocycles. The van der Waals surface area contributed by atoms with Crippen LogP contribution in [-0.4, -0.2) is 31.4 Å². The largest absolute Gasteiger partial charge is 0.466 e. The number of nitrogens with one attached hydrogen (secondary N) is 1. The van der Waals surface area contributed by atoms with E-state index in [1.165, 1.54) is 15.6 Å². The van der Waals surface area contributed by atoms with Gasteiger partial charge in [-0.3, -0.25) is 4.79 Å². The highest BCUT2D eigenvalue weighted by atomic mass is 32.1. The number of likely N-dealkylation sites (N-methyl/N-ethyl adjacent to an activating group) is 1. The number of aryl methyl sites for hydroxylation is 2. The molecule has 1 amide bonds. The van der Waals surface area contributed by atoms with Gasteiger partial charge in [0.25, 0.3) is 5.91 Å². The number of furan rings is 1. The van der Waals surface area contributed by atoms with Gasteiger partial charge in [0.1, 0.15) is 11.5 Å². The Labute approximate surface area is 146 Å². The van der Waals surface area contributed by atoms with Gasteiger partial charge in [-0.25, -0.2) is 0 Å². The molecule has 0 radical (unpaired) electrons. The number of nitrogens with zero attached hydrogens (tertiary/aromatic N) is 1. The molecule has 0 spiro atoms. The summed E-state index contributed by atoms with van der Waals surface area (Å²) in [6.07, 6.45) is 0. The maximum atomic E-state index is 12.5. The highest BCUT2D eigenvalue weighted by Crippen LogP contribution is 2.32. The van der Waals surface area contributed by atoms with Gasteiger partial charge in [0.05, 0.1) is 11.6 Å². The molecule has 2 aromatic heterocycles. The number of hydrogen-bond donors (Lipinski definition) is 1. The van der Waals surface area contributed by atoms with E-state index in [0.29, 0.717) is 17.9 Å². The number of carbonyl (C=O) groups is 1. The summed E-state index contributed by atoms with van der Waals surface area (Å²) in [6, 6.07) is 10.3. The SMILES string of the molecule is Cc1cc(C(=O)NCC(c2csc3ccccc23)N(C)C)c(C)o1. The molecule has 5 heteroatoms. The first-order valence-corrected chi connectivity index (χ1v) is 8.83. The van der Waals surface area contributed by atoms with Crippen molar-refractivity contribution in [3.8, 4) is 0 Å². The van der Waals surface area contributed by atoms with E-state index in [1.807, 2.05) is 27.9 Å². The lowest BCUT2D eigenvalue weighted by Gasteiger charge is -2.24. The Balaban J connectivity index is 1.80. The Hall–Kier alpha value is -2.11. The maximum Gasteiger partial charge on any atom is 0.254 e. The van der Waals surface area contributed by atoms with Crippen molar-refractivity contribution in [3.05, 3.63) is 58.4 Å². The number of fused-ring (bicyclic) bond motifs is 1. The fourth-order valence-corrected chi connectivity index (χ4v) is 3.98. The molecule has 1 atom stereocenters. The predicted octanol–water partition coefficient (Wildman–Crippen LogP) is 4.14. The van der Waals surface area contributed by atoms with Gasteiger partial charge in [-0.2, -0.15) is 0 Å². The molecule has 1 unspecified atom stereocenters. The van der Waals surface area contributed by atoms with Gasteiger partial charge in [0.15, 0.2) is 0 Å². The number of carbonyl (C=O) groups excluding carboxylic acids is 1. The zero-order valence-corrected chi connectivity index (χ0v) is 15.2. The minimum absolute atomic E-state index is 0.0873. The second kappa shape index (κ2) is 6.79. The zero-order chi connectivity index (χ0) is 17.3. The van der Waals surface area contributed by atoms with Gasteiger partial charge in [-0.05, 0) is 56.4 Å². The highest BCUT2D eigenvalue weighted by Gasteiger charge is 2.20. The lowest BCUT2D eigenvalue weighted by atomic mass is 10.0. The van der Waals surface area contributed by atoms with Crippen molar-refractivity contribution in [3.63, 3.8) is 0 Å². The Kier molecular flexibility index (Phi) is 4.73. The molecule has 4 nitrogen and oxygen atoms in total. The van der Waals surface area contributed by atoms with Crippen LogP contribution >= 0.6 is 11.3 Å². The van der Waals surface area contributed by atoms with E-state index in [9.17, 15) is 4.79 Å². The Morgan fingerprint density at radius 2 is 2.04 bits per heavy atom. The number of rotatable bonds is 5. The third-order valence-electron chi connectivity index (χ3n) is 4.23. The summed E-state index contributed by atoms with van der Waals surface area (Å²) in [7, 11) is 4.08. The van der Waals surface area contributed by atoms with Gasteiger partial charge < -0.3 is 14.6 Å². The maximum absolute atomic E-state index is 12.5. The fourth-order valence-electron chi connectivity index (χ4n) is 2.97. The minimum atomic E-state index is -0.0873. The molecule has 0 aliphatic heterocycles. The van der Waals surface area contributed by atoms with Crippen molar-refractivity contribution in [2.75, 3.05) is 20.6 Å². The Morgan fingerprint density at radius 1 is 1.29 bits per heavy atom. The lowest BCUT2D eigenvalue weighted by molar-refractivity contribution is 0.0940. The smallest absolute Gasteiger partial charge is 0.254 e. The molecule has 0 aliphatic rings. The van der Waals surface area contributed by atoms with E-state index in [-0.39, 0.29) is 11.9 Å². The van der Waals surface area contributed by atoms with Crippen LogP contribution in [0.1, 0.15) is 33.5 Å². The van der Waals surface area contributed by atoms with Crippen LogP contribution in [0.3, 0.4) is 0 Å². The molecule has 0 fully saturated rings. The lowest BCUT2D eigenvalue weighted by Crippen LogP contribution is -2.34. The highest BCUT2D eigenvalue weighted by molar-refractivity contribution is 7.17. The van der Waals surface area contributed by atoms with Gasteiger partial charge >= 0.3 is 0 Å². The van der Waals surface area contributed by atoms with Crippen LogP contribution in [0.5, 0.6) is 0 Å². The van der Waals surface area contributed by atoms with E-state index in [4.69, 9.17) is 4.42 Å². The predicted molar refractivity (Wildman–Crippen MR) is 98.8 cm³/mol. The second-order valence-electron chi connectivity index (χ2n) is 6.20. The minimum Gasteiger partial charge on any atom is -0.466 e. The van der Waals surface area contributed by atoms with E-state index in [1.54, 1.807) is 17.4 Å². The van der Waals surface area contributed by atoms with Crippen molar-refractivity contribution in [1.82, 2.24) is 10.2 Å². The molecular weight excluding hydrogens is 320 g/mol.